The molecule has 0 radical (unpaired) electrons. The summed E-state index contributed by atoms with van der Waals surface area (Å²) < 4.78 is 0. The lowest BCUT2D eigenvalue weighted by molar-refractivity contribution is -0.135. The van der Waals surface area contributed by atoms with Gasteiger partial charge in [0.2, 0.25) is 5.91 Å². The standard InChI is InChI=1S/C15H15ClN4O2S/c16-10-3-1-9(2-4-10)5-15(13(17)22)7-20(8-15)12(21)11-6-23-14(18)19-11/h1-4,6H,5,7-8H2,(H2,17,22)(H2,18,19). The van der Waals surface area contributed by atoms with Crippen LogP contribution in [0.25, 0.3) is 0 Å². The van der Waals surface area contributed by atoms with Gasteiger partial charge in [-0.15, -0.1) is 11.3 Å². The number of benzene rings is 1. The van der Waals surface area contributed by atoms with Crippen LogP contribution in [0.5, 0.6) is 0 Å². The van der Waals surface area contributed by atoms with Crippen LogP contribution in [0.3, 0.4) is 0 Å². The Morgan fingerprint density at radius 2 is 1.96 bits per heavy atom. The number of thiazole rings is 1. The summed E-state index contributed by atoms with van der Waals surface area (Å²) in [4.78, 5) is 29.7. The zero-order valence-corrected chi connectivity index (χ0v) is 13.7. The molecule has 0 spiro atoms. The van der Waals surface area contributed by atoms with Crippen molar-refractivity contribution in [1.29, 1.82) is 0 Å². The van der Waals surface area contributed by atoms with Gasteiger partial charge in [-0.2, -0.15) is 0 Å². The molecular weight excluding hydrogens is 336 g/mol. The molecular formula is C15H15ClN4O2S. The molecule has 0 bridgehead atoms. The average molecular weight is 351 g/mol. The second kappa shape index (κ2) is 5.82. The van der Waals surface area contributed by atoms with Gasteiger partial charge in [0, 0.05) is 23.5 Å². The zero-order valence-electron chi connectivity index (χ0n) is 12.2. The number of halogens is 1. The van der Waals surface area contributed by atoms with E-state index >= 15 is 0 Å². The summed E-state index contributed by atoms with van der Waals surface area (Å²) in [7, 11) is 0. The molecule has 4 N–H and O–H groups in total. The Morgan fingerprint density at radius 1 is 1.30 bits per heavy atom. The minimum atomic E-state index is -0.745. The summed E-state index contributed by atoms with van der Waals surface area (Å²) in [6, 6.07) is 7.26. The van der Waals surface area contributed by atoms with Gasteiger partial charge in [-0.1, -0.05) is 23.7 Å². The van der Waals surface area contributed by atoms with E-state index in [1.165, 1.54) is 11.3 Å². The Balaban J connectivity index is 1.72. The highest BCUT2D eigenvalue weighted by Crippen LogP contribution is 2.35. The number of hydrogen-bond donors (Lipinski definition) is 2. The molecule has 0 aliphatic carbocycles. The zero-order chi connectivity index (χ0) is 16.6. The minimum Gasteiger partial charge on any atom is -0.375 e. The largest absolute Gasteiger partial charge is 0.375 e. The highest BCUT2D eigenvalue weighted by Gasteiger charge is 2.50. The number of primary amides is 1. The number of nitrogens with two attached hydrogens (primary N) is 2. The van der Waals surface area contributed by atoms with Gasteiger partial charge < -0.3 is 16.4 Å². The molecule has 1 saturated heterocycles. The lowest BCUT2D eigenvalue weighted by Gasteiger charge is -2.47. The molecule has 2 aromatic rings. The number of likely N-dealkylation sites (tertiary alicyclic amines) is 1. The predicted molar refractivity (Wildman–Crippen MR) is 89.2 cm³/mol. The molecule has 2 amide bonds. The summed E-state index contributed by atoms with van der Waals surface area (Å²) in [5.74, 6) is -0.639. The maximum atomic E-state index is 12.3. The maximum absolute atomic E-state index is 12.3. The summed E-state index contributed by atoms with van der Waals surface area (Å²) in [6.07, 6.45) is 0.475. The lowest BCUT2D eigenvalue weighted by Crippen LogP contribution is -2.64. The van der Waals surface area contributed by atoms with Crippen molar-refractivity contribution >= 4 is 39.9 Å². The fourth-order valence-electron chi connectivity index (χ4n) is 2.72. The molecule has 0 atom stereocenters. The van der Waals surface area contributed by atoms with Gasteiger partial charge in [-0.25, -0.2) is 4.98 Å². The van der Waals surface area contributed by atoms with Gasteiger partial charge in [-0.05, 0) is 24.1 Å². The molecule has 1 aliphatic heterocycles. The van der Waals surface area contributed by atoms with Crippen molar-refractivity contribution in [2.75, 3.05) is 18.8 Å². The van der Waals surface area contributed by atoms with E-state index in [9.17, 15) is 9.59 Å². The van der Waals surface area contributed by atoms with Crippen LogP contribution >= 0.6 is 22.9 Å². The molecule has 0 saturated carbocycles. The normalized spacial score (nSPS) is 16.0. The summed E-state index contributed by atoms with van der Waals surface area (Å²) >= 11 is 7.08. The van der Waals surface area contributed by atoms with Gasteiger partial charge in [-0.3, -0.25) is 9.59 Å². The van der Waals surface area contributed by atoms with Crippen LogP contribution in [0.1, 0.15) is 16.1 Å². The van der Waals surface area contributed by atoms with Gasteiger partial charge in [0.15, 0.2) is 5.13 Å². The molecule has 8 heteroatoms. The number of rotatable bonds is 4. The number of anilines is 1. The fraction of sp³-hybridized carbons (Fsp3) is 0.267. The van der Waals surface area contributed by atoms with E-state index in [4.69, 9.17) is 23.1 Å². The summed E-state index contributed by atoms with van der Waals surface area (Å²) in [6.45, 7) is 0.558. The van der Waals surface area contributed by atoms with Crippen LogP contribution in [0.4, 0.5) is 5.13 Å². The van der Waals surface area contributed by atoms with E-state index < -0.39 is 11.3 Å². The second-order valence-electron chi connectivity index (χ2n) is 5.68. The minimum absolute atomic E-state index is 0.231. The first-order valence-corrected chi connectivity index (χ1v) is 8.20. The van der Waals surface area contributed by atoms with Gasteiger partial charge in [0.05, 0.1) is 5.41 Å². The smallest absolute Gasteiger partial charge is 0.273 e. The molecule has 3 rings (SSSR count). The molecule has 23 heavy (non-hydrogen) atoms. The third kappa shape index (κ3) is 3.02. The van der Waals surface area contributed by atoms with Gasteiger partial charge in [0.1, 0.15) is 5.69 Å². The Hall–Kier alpha value is -2.12. The molecule has 0 unspecified atom stereocenters. The van der Waals surface area contributed by atoms with E-state index in [1.54, 1.807) is 22.4 Å². The van der Waals surface area contributed by atoms with E-state index in [0.29, 0.717) is 22.3 Å². The van der Waals surface area contributed by atoms with Crippen molar-refractivity contribution in [3.05, 3.63) is 45.9 Å². The number of carbonyl (C=O) groups is 2. The average Bonchev–Trinajstić information content (AvgIpc) is 2.90. The molecule has 6 nitrogen and oxygen atoms in total. The van der Waals surface area contributed by atoms with Crippen LogP contribution in [0.2, 0.25) is 5.02 Å². The van der Waals surface area contributed by atoms with Crippen molar-refractivity contribution in [2.45, 2.75) is 6.42 Å². The first-order chi connectivity index (χ1) is 10.9. The molecule has 1 aromatic carbocycles. The van der Waals surface area contributed by atoms with Gasteiger partial charge in [0.25, 0.3) is 5.91 Å². The molecule has 1 aliphatic rings. The molecule has 1 aromatic heterocycles. The summed E-state index contributed by atoms with van der Waals surface area (Å²) in [5.41, 5.74) is 11.6. The highest BCUT2D eigenvalue weighted by molar-refractivity contribution is 7.13. The maximum Gasteiger partial charge on any atom is 0.273 e. The number of amides is 2. The summed E-state index contributed by atoms with van der Waals surface area (Å²) in [5, 5.41) is 2.59. The van der Waals surface area contributed by atoms with Crippen molar-refractivity contribution < 1.29 is 9.59 Å². The Kier molecular flexibility index (Phi) is 3.99. The van der Waals surface area contributed by atoms with Crippen LogP contribution in [0, 0.1) is 5.41 Å². The van der Waals surface area contributed by atoms with Crippen LogP contribution < -0.4 is 11.5 Å². The number of nitrogen functional groups attached to an aromatic ring is 1. The predicted octanol–water partition coefficient (Wildman–Crippen LogP) is 1.55. The Bertz CT molecular complexity index is 753. The quantitative estimate of drug-likeness (QED) is 0.873. The molecule has 2 heterocycles. The molecule has 1 fully saturated rings. The number of carbonyl (C=O) groups excluding carboxylic acids is 2. The third-order valence-electron chi connectivity index (χ3n) is 3.99. The number of hydrogen-bond acceptors (Lipinski definition) is 5. The monoisotopic (exact) mass is 350 g/mol. The van der Waals surface area contributed by atoms with Crippen molar-refractivity contribution in [3.8, 4) is 0 Å². The van der Waals surface area contributed by atoms with Crippen LogP contribution in [-0.2, 0) is 11.2 Å². The SMILES string of the molecule is NC(=O)C1(Cc2ccc(Cl)cc2)CN(C(=O)c2csc(N)n2)C1. The number of aromatic nitrogens is 1. The fourth-order valence-corrected chi connectivity index (χ4v) is 3.39. The van der Waals surface area contributed by atoms with E-state index in [0.717, 1.165) is 5.56 Å². The van der Waals surface area contributed by atoms with E-state index in [1.807, 2.05) is 12.1 Å². The topological polar surface area (TPSA) is 102 Å². The number of nitrogens with zero attached hydrogens (tertiary/aromatic N) is 2. The van der Waals surface area contributed by atoms with Crippen molar-refractivity contribution in [2.24, 2.45) is 11.1 Å². The highest BCUT2D eigenvalue weighted by atomic mass is 35.5. The second-order valence-corrected chi connectivity index (χ2v) is 7.01. The Labute approximate surface area is 142 Å². The Morgan fingerprint density at radius 3 is 2.48 bits per heavy atom. The first kappa shape index (κ1) is 15.8. The van der Waals surface area contributed by atoms with Crippen LogP contribution in [-0.4, -0.2) is 34.8 Å². The van der Waals surface area contributed by atoms with Crippen LogP contribution in [0.15, 0.2) is 29.6 Å². The third-order valence-corrected chi connectivity index (χ3v) is 4.92. The molecule has 120 valence electrons. The lowest BCUT2D eigenvalue weighted by atomic mass is 9.74. The van der Waals surface area contributed by atoms with Crippen molar-refractivity contribution in [3.63, 3.8) is 0 Å². The van der Waals surface area contributed by atoms with E-state index in [2.05, 4.69) is 4.98 Å². The van der Waals surface area contributed by atoms with Gasteiger partial charge >= 0.3 is 0 Å². The first-order valence-electron chi connectivity index (χ1n) is 6.94. The van der Waals surface area contributed by atoms with E-state index in [-0.39, 0.29) is 19.0 Å². The van der Waals surface area contributed by atoms with Crippen molar-refractivity contribution in [1.82, 2.24) is 9.88 Å².